The SMILES string of the molecule is C=CCNC(=NCc1ccccc1)NCCn1cnnc1CC. The Morgan fingerprint density at radius 3 is 2.87 bits per heavy atom. The highest BCUT2D eigenvalue weighted by Gasteiger charge is 2.02. The van der Waals surface area contributed by atoms with Gasteiger partial charge in [0.15, 0.2) is 5.96 Å². The second-order valence-electron chi connectivity index (χ2n) is 5.04. The topological polar surface area (TPSA) is 67.1 Å². The molecule has 0 spiro atoms. The van der Waals surface area contributed by atoms with Crippen LogP contribution in [-0.4, -0.2) is 33.8 Å². The van der Waals surface area contributed by atoms with Gasteiger partial charge in [0.1, 0.15) is 12.2 Å². The lowest BCUT2D eigenvalue weighted by Gasteiger charge is -2.12. The van der Waals surface area contributed by atoms with Gasteiger partial charge in [-0.05, 0) is 5.56 Å². The Kier molecular flexibility index (Phi) is 6.84. The molecule has 0 amide bonds. The number of hydrogen-bond donors (Lipinski definition) is 2. The van der Waals surface area contributed by atoms with Crippen LogP contribution in [0.5, 0.6) is 0 Å². The minimum absolute atomic E-state index is 0.639. The van der Waals surface area contributed by atoms with Crippen LogP contribution >= 0.6 is 0 Å². The van der Waals surface area contributed by atoms with E-state index in [1.807, 2.05) is 24.3 Å². The van der Waals surface area contributed by atoms with Gasteiger partial charge >= 0.3 is 0 Å². The molecule has 1 heterocycles. The number of nitrogens with zero attached hydrogens (tertiary/aromatic N) is 4. The summed E-state index contributed by atoms with van der Waals surface area (Å²) in [5.41, 5.74) is 1.18. The molecule has 0 atom stereocenters. The van der Waals surface area contributed by atoms with Crippen LogP contribution in [0.2, 0.25) is 0 Å². The smallest absolute Gasteiger partial charge is 0.191 e. The van der Waals surface area contributed by atoms with Crippen LogP contribution in [-0.2, 0) is 19.5 Å². The molecule has 0 aliphatic heterocycles. The van der Waals surface area contributed by atoms with E-state index < -0.39 is 0 Å². The molecule has 0 fully saturated rings. The molecule has 23 heavy (non-hydrogen) atoms. The molecule has 1 aromatic heterocycles. The lowest BCUT2D eigenvalue weighted by atomic mass is 10.2. The molecule has 6 heteroatoms. The van der Waals surface area contributed by atoms with Crippen LogP contribution in [0, 0.1) is 0 Å². The molecule has 0 saturated heterocycles. The van der Waals surface area contributed by atoms with Gasteiger partial charge in [-0.25, -0.2) is 4.99 Å². The normalized spacial score (nSPS) is 11.3. The van der Waals surface area contributed by atoms with Crippen molar-refractivity contribution in [3.05, 3.63) is 60.7 Å². The quantitative estimate of drug-likeness (QED) is 0.443. The number of rotatable bonds is 8. The molecule has 0 radical (unpaired) electrons. The number of aryl methyl sites for hydroxylation is 1. The minimum Gasteiger partial charge on any atom is -0.355 e. The van der Waals surface area contributed by atoms with Gasteiger partial charge in [0.05, 0.1) is 6.54 Å². The number of aliphatic imine (C=N–C) groups is 1. The summed E-state index contributed by atoms with van der Waals surface area (Å²) in [6.45, 7) is 8.67. The minimum atomic E-state index is 0.639. The number of nitrogens with one attached hydrogen (secondary N) is 2. The van der Waals surface area contributed by atoms with Gasteiger partial charge in [0.2, 0.25) is 0 Å². The van der Waals surface area contributed by atoms with Gasteiger partial charge in [-0.15, -0.1) is 16.8 Å². The lowest BCUT2D eigenvalue weighted by molar-refractivity contribution is 0.633. The third-order valence-electron chi connectivity index (χ3n) is 3.33. The van der Waals surface area contributed by atoms with Crippen molar-refractivity contribution in [3.8, 4) is 0 Å². The molecule has 2 N–H and O–H groups in total. The maximum atomic E-state index is 4.60. The van der Waals surface area contributed by atoms with Gasteiger partial charge < -0.3 is 15.2 Å². The molecular weight excluding hydrogens is 288 g/mol. The lowest BCUT2D eigenvalue weighted by Crippen LogP contribution is -2.39. The van der Waals surface area contributed by atoms with E-state index in [2.05, 4.69) is 56.0 Å². The zero-order chi connectivity index (χ0) is 16.3. The summed E-state index contributed by atoms with van der Waals surface area (Å²) in [6.07, 6.45) is 4.46. The monoisotopic (exact) mass is 312 g/mol. The molecule has 6 nitrogen and oxygen atoms in total. The standard InChI is InChI=1S/C17H24N6/c1-3-10-18-17(20-13-15-8-6-5-7-9-15)19-11-12-23-14-21-22-16(23)4-2/h3,5-9,14H,1,4,10-13H2,2H3,(H2,18,19,20). The van der Waals surface area contributed by atoms with Crippen molar-refractivity contribution in [1.29, 1.82) is 0 Å². The first-order chi connectivity index (χ1) is 11.3. The predicted octanol–water partition coefficient (Wildman–Crippen LogP) is 1.76. The van der Waals surface area contributed by atoms with E-state index >= 15 is 0 Å². The van der Waals surface area contributed by atoms with E-state index in [0.29, 0.717) is 13.1 Å². The third-order valence-corrected chi connectivity index (χ3v) is 3.33. The summed E-state index contributed by atoms with van der Waals surface area (Å²) in [6, 6.07) is 10.2. The highest BCUT2D eigenvalue weighted by atomic mass is 15.3. The summed E-state index contributed by atoms with van der Waals surface area (Å²) in [4.78, 5) is 4.60. The van der Waals surface area contributed by atoms with Crippen LogP contribution < -0.4 is 10.6 Å². The van der Waals surface area contributed by atoms with Crippen molar-refractivity contribution in [3.63, 3.8) is 0 Å². The van der Waals surface area contributed by atoms with Crippen molar-refractivity contribution < 1.29 is 0 Å². The van der Waals surface area contributed by atoms with Crippen molar-refractivity contribution in [2.45, 2.75) is 26.4 Å². The first-order valence-electron chi connectivity index (χ1n) is 7.87. The molecule has 2 rings (SSSR count). The number of hydrogen-bond acceptors (Lipinski definition) is 3. The molecule has 0 unspecified atom stereocenters. The van der Waals surface area contributed by atoms with Gasteiger partial charge in [-0.1, -0.05) is 43.3 Å². The largest absolute Gasteiger partial charge is 0.355 e. The van der Waals surface area contributed by atoms with Crippen LogP contribution in [0.4, 0.5) is 0 Å². The average molecular weight is 312 g/mol. The fourth-order valence-corrected chi connectivity index (χ4v) is 2.13. The van der Waals surface area contributed by atoms with E-state index in [-0.39, 0.29) is 0 Å². The highest BCUT2D eigenvalue weighted by molar-refractivity contribution is 5.79. The Morgan fingerprint density at radius 2 is 2.13 bits per heavy atom. The molecule has 2 aromatic rings. The molecule has 0 saturated carbocycles. The Balaban J connectivity index is 1.88. The maximum Gasteiger partial charge on any atom is 0.191 e. The van der Waals surface area contributed by atoms with Crippen LogP contribution in [0.15, 0.2) is 54.3 Å². The fraction of sp³-hybridized carbons (Fsp3) is 0.353. The number of benzene rings is 1. The molecule has 0 bridgehead atoms. The van der Waals surface area contributed by atoms with Crippen molar-refractivity contribution in [2.24, 2.45) is 4.99 Å². The Hall–Kier alpha value is -2.63. The Morgan fingerprint density at radius 1 is 1.30 bits per heavy atom. The van der Waals surface area contributed by atoms with Crippen LogP contribution in [0.25, 0.3) is 0 Å². The number of guanidine groups is 1. The zero-order valence-corrected chi connectivity index (χ0v) is 13.6. The first-order valence-corrected chi connectivity index (χ1v) is 7.87. The summed E-state index contributed by atoms with van der Waals surface area (Å²) < 4.78 is 2.05. The number of aromatic nitrogens is 3. The predicted molar refractivity (Wildman–Crippen MR) is 93.2 cm³/mol. The van der Waals surface area contributed by atoms with Gasteiger partial charge in [0, 0.05) is 26.1 Å². The second-order valence-corrected chi connectivity index (χ2v) is 5.04. The molecule has 0 aliphatic rings. The molecular formula is C17H24N6. The zero-order valence-electron chi connectivity index (χ0n) is 13.6. The van der Waals surface area contributed by atoms with Crippen LogP contribution in [0.1, 0.15) is 18.3 Å². The fourth-order valence-electron chi connectivity index (χ4n) is 2.13. The summed E-state index contributed by atoms with van der Waals surface area (Å²) >= 11 is 0. The van der Waals surface area contributed by atoms with E-state index in [9.17, 15) is 0 Å². The molecule has 0 aliphatic carbocycles. The summed E-state index contributed by atoms with van der Waals surface area (Å²) in [7, 11) is 0. The Bertz CT molecular complexity index is 617. The summed E-state index contributed by atoms with van der Waals surface area (Å²) in [5.74, 6) is 1.77. The maximum absolute atomic E-state index is 4.60. The van der Waals surface area contributed by atoms with E-state index in [1.165, 1.54) is 5.56 Å². The third kappa shape index (κ3) is 5.58. The molecule has 122 valence electrons. The van der Waals surface area contributed by atoms with Crippen LogP contribution in [0.3, 0.4) is 0 Å². The molecule has 1 aromatic carbocycles. The van der Waals surface area contributed by atoms with Gasteiger partial charge in [0.25, 0.3) is 0 Å². The second kappa shape index (κ2) is 9.40. The highest BCUT2D eigenvalue weighted by Crippen LogP contribution is 2.00. The van der Waals surface area contributed by atoms with Crippen molar-refractivity contribution >= 4 is 5.96 Å². The summed E-state index contributed by atoms with van der Waals surface area (Å²) in [5, 5.41) is 14.6. The van der Waals surface area contributed by atoms with Crippen molar-refractivity contribution in [1.82, 2.24) is 25.4 Å². The average Bonchev–Trinajstić information content (AvgIpc) is 3.05. The Labute approximate surface area is 137 Å². The van der Waals surface area contributed by atoms with E-state index in [1.54, 1.807) is 6.33 Å². The van der Waals surface area contributed by atoms with E-state index in [0.717, 1.165) is 31.3 Å². The van der Waals surface area contributed by atoms with Crippen molar-refractivity contribution in [2.75, 3.05) is 13.1 Å². The van der Waals surface area contributed by atoms with Gasteiger partial charge in [-0.3, -0.25) is 0 Å². The van der Waals surface area contributed by atoms with E-state index in [4.69, 9.17) is 0 Å². The first kappa shape index (κ1) is 16.7. The van der Waals surface area contributed by atoms with Gasteiger partial charge in [-0.2, -0.15) is 0 Å².